The van der Waals surface area contributed by atoms with Crippen molar-refractivity contribution in [2.45, 2.75) is 239 Å². The minimum absolute atomic E-state index is 0.397. The lowest BCUT2D eigenvalue weighted by Crippen LogP contribution is -2.07. The van der Waals surface area contributed by atoms with E-state index in [0.29, 0.717) is 17.8 Å². The van der Waals surface area contributed by atoms with Crippen molar-refractivity contribution in [3.05, 3.63) is 129 Å². The average Bonchev–Trinajstić information content (AvgIpc) is 3.28. The molecule has 63 heavy (non-hydrogen) atoms. The Labute approximate surface area is 389 Å². The molecule has 348 valence electrons. The molecule has 0 heterocycles. The molecule has 0 aliphatic carbocycles. The number of nitrogens with two attached hydrogens (primary N) is 2. The molecular formula is C61H94N2. The summed E-state index contributed by atoms with van der Waals surface area (Å²) in [5.74, 6) is 1.19. The fourth-order valence-corrected chi connectivity index (χ4v) is 10.4. The van der Waals surface area contributed by atoms with Crippen molar-refractivity contribution in [2.24, 2.45) is 0 Å². The second-order valence-corrected chi connectivity index (χ2v) is 19.7. The van der Waals surface area contributed by atoms with E-state index >= 15 is 0 Å². The molecule has 0 amide bonds. The Morgan fingerprint density at radius 3 is 0.810 bits per heavy atom. The monoisotopic (exact) mass is 855 g/mol. The molecule has 0 spiro atoms. The van der Waals surface area contributed by atoms with Gasteiger partial charge in [0.2, 0.25) is 0 Å². The minimum Gasteiger partial charge on any atom is -0.399 e. The van der Waals surface area contributed by atoms with Gasteiger partial charge in [-0.15, -0.1) is 0 Å². The van der Waals surface area contributed by atoms with Crippen LogP contribution in [0.2, 0.25) is 0 Å². The maximum absolute atomic E-state index is 6.27. The first-order chi connectivity index (χ1) is 30.9. The van der Waals surface area contributed by atoms with Crippen molar-refractivity contribution in [3.8, 4) is 0 Å². The summed E-state index contributed by atoms with van der Waals surface area (Å²) in [4.78, 5) is 0. The predicted octanol–water partition coefficient (Wildman–Crippen LogP) is 19.2. The molecule has 2 unspecified atom stereocenters. The first kappa shape index (κ1) is 52.1. The van der Waals surface area contributed by atoms with Crippen LogP contribution in [0.25, 0.3) is 0 Å². The molecule has 0 saturated heterocycles. The number of nitrogen functional groups attached to an aromatic ring is 2. The molecule has 0 saturated carbocycles. The fraction of sp³-hybridized carbons (Fsp3) is 0.607. The van der Waals surface area contributed by atoms with E-state index in [1.165, 1.54) is 231 Å². The fourth-order valence-electron chi connectivity index (χ4n) is 10.4. The largest absolute Gasteiger partial charge is 0.399 e. The first-order valence-corrected chi connectivity index (χ1v) is 26.8. The third-order valence-electron chi connectivity index (χ3n) is 14.4. The van der Waals surface area contributed by atoms with E-state index in [2.05, 4.69) is 120 Å². The van der Waals surface area contributed by atoms with Gasteiger partial charge in [0.25, 0.3) is 0 Å². The van der Waals surface area contributed by atoms with E-state index in [4.69, 9.17) is 11.5 Å². The van der Waals surface area contributed by atoms with Gasteiger partial charge in [-0.3, -0.25) is 0 Å². The summed E-state index contributed by atoms with van der Waals surface area (Å²) in [7, 11) is 0. The quantitative estimate of drug-likeness (QED) is 0.0358. The van der Waals surface area contributed by atoms with Gasteiger partial charge in [0.05, 0.1) is 0 Å². The van der Waals surface area contributed by atoms with E-state index in [1.807, 2.05) is 0 Å². The molecule has 2 heteroatoms. The second-order valence-electron chi connectivity index (χ2n) is 19.7. The average molecular weight is 855 g/mol. The van der Waals surface area contributed by atoms with Gasteiger partial charge in [-0.1, -0.05) is 248 Å². The Bertz CT molecular complexity index is 1630. The van der Waals surface area contributed by atoms with Crippen molar-refractivity contribution < 1.29 is 0 Å². The van der Waals surface area contributed by atoms with Gasteiger partial charge < -0.3 is 11.5 Å². The summed E-state index contributed by atoms with van der Waals surface area (Å²) >= 11 is 0. The Balaban J connectivity index is 1.50. The summed E-state index contributed by atoms with van der Waals surface area (Å²) < 4.78 is 0. The van der Waals surface area contributed by atoms with Crippen LogP contribution in [-0.4, -0.2) is 0 Å². The van der Waals surface area contributed by atoms with E-state index in [9.17, 15) is 0 Å². The Morgan fingerprint density at radius 2 is 0.540 bits per heavy atom. The summed E-state index contributed by atoms with van der Waals surface area (Å²) in [5.41, 5.74) is 25.6. The molecule has 4 rings (SSSR count). The van der Waals surface area contributed by atoms with E-state index in [1.54, 1.807) is 0 Å². The van der Waals surface area contributed by atoms with Gasteiger partial charge in [-0.05, 0) is 102 Å². The van der Waals surface area contributed by atoms with E-state index in [-0.39, 0.29) is 0 Å². The van der Waals surface area contributed by atoms with Crippen molar-refractivity contribution in [1.29, 1.82) is 0 Å². The molecule has 4 N–H and O–H groups in total. The molecule has 0 radical (unpaired) electrons. The van der Waals surface area contributed by atoms with Crippen molar-refractivity contribution in [1.82, 2.24) is 0 Å². The van der Waals surface area contributed by atoms with Gasteiger partial charge in [0, 0.05) is 29.1 Å². The Morgan fingerprint density at radius 1 is 0.302 bits per heavy atom. The highest BCUT2D eigenvalue weighted by Gasteiger charge is 2.21. The van der Waals surface area contributed by atoms with Crippen LogP contribution in [0.15, 0.2) is 84.9 Å². The number of unbranched alkanes of at least 4 members (excludes halogenated alkanes) is 23. The highest BCUT2D eigenvalue weighted by molar-refractivity contribution is 5.50. The second kappa shape index (κ2) is 31.4. The van der Waals surface area contributed by atoms with Gasteiger partial charge >= 0.3 is 0 Å². The number of aryl methyl sites for hydroxylation is 2. The zero-order chi connectivity index (χ0) is 44.9. The molecular weight excluding hydrogens is 761 g/mol. The molecule has 0 aliphatic rings. The van der Waals surface area contributed by atoms with Gasteiger partial charge in [-0.25, -0.2) is 0 Å². The number of anilines is 2. The third kappa shape index (κ3) is 19.2. The summed E-state index contributed by atoms with van der Waals surface area (Å²) in [5, 5.41) is 0. The van der Waals surface area contributed by atoms with E-state index in [0.717, 1.165) is 11.4 Å². The van der Waals surface area contributed by atoms with Gasteiger partial charge in [-0.2, -0.15) is 0 Å². The van der Waals surface area contributed by atoms with Crippen LogP contribution in [0.5, 0.6) is 0 Å². The minimum atomic E-state index is 0.397. The number of hydrogen-bond donors (Lipinski definition) is 2. The summed E-state index contributed by atoms with van der Waals surface area (Å²) in [6, 6.07) is 33.0. The molecule has 0 aromatic heterocycles. The van der Waals surface area contributed by atoms with Crippen LogP contribution < -0.4 is 11.5 Å². The number of hydrogen-bond acceptors (Lipinski definition) is 2. The van der Waals surface area contributed by atoms with Crippen molar-refractivity contribution in [2.75, 3.05) is 11.5 Å². The summed E-state index contributed by atoms with van der Waals surface area (Å²) in [6.07, 6.45) is 38.9. The zero-order valence-corrected chi connectivity index (χ0v) is 41.5. The normalized spacial score (nSPS) is 13.0. The lowest BCUT2D eigenvalue weighted by molar-refractivity contribution is 0.540. The van der Waals surface area contributed by atoms with Crippen LogP contribution >= 0.6 is 0 Å². The molecule has 0 aliphatic heterocycles. The standard InChI is InChI=1S/C61H94N2/c1-6-9-12-15-18-20-22-24-27-30-33-60(57-45-43-55(62)47-49(57)4)53-39-35-51(36-40-53)59(32-29-26-17-14-11-8-3)52-37-41-54(42-38-52)61(58-46-44-56(63)48-50(58)5)34-31-28-25-23-21-19-16-13-10-7-2/h35-48,59-61H,6-34,62-63H2,1-5H3. The van der Waals surface area contributed by atoms with Crippen LogP contribution in [0.1, 0.15) is 269 Å². The molecule has 2 atom stereocenters. The zero-order valence-electron chi connectivity index (χ0n) is 41.5. The topological polar surface area (TPSA) is 52.0 Å². The van der Waals surface area contributed by atoms with Crippen LogP contribution in [0, 0.1) is 13.8 Å². The van der Waals surface area contributed by atoms with E-state index < -0.39 is 0 Å². The van der Waals surface area contributed by atoms with Crippen LogP contribution in [0.3, 0.4) is 0 Å². The number of benzene rings is 4. The molecule has 4 aromatic rings. The molecule has 2 nitrogen and oxygen atoms in total. The SMILES string of the molecule is CCCCCCCCCCCCC(c1ccc(C(CCCCCCCC)c2ccc(C(CCCCCCCCCCCC)c3ccc(N)cc3C)cc2)cc1)c1ccc(N)cc1C. The Hall–Kier alpha value is -3.52. The Kier molecular flexibility index (Phi) is 25.9. The highest BCUT2D eigenvalue weighted by atomic mass is 14.5. The maximum atomic E-state index is 6.27. The predicted molar refractivity (Wildman–Crippen MR) is 281 cm³/mol. The maximum Gasteiger partial charge on any atom is 0.0316 e. The molecule has 4 aromatic carbocycles. The lowest BCUT2D eigenvalue weighted by Gasteiger charge is -2.24. The number of rotatable bonds is 35. The lowest BCUT2D eigenvalue weighted by atomic mass is 9.80. The first-order valence-electron chi connectivity index (χ1n) is 26.8. The van der Waals surface area contributed by atoms with Gasteiger partial charge in [0.1, 0.15) is 0 Å². The van der Waals surface area contributed by atoms with Crippen LogP contribution in [0.4, 0.5) is 11.4 Å². The summed E-state index contributed by atoms with van der Waals surface area (Å²) in [6.45, 7) is 11.4. The van der Waals surface area contributed by atoms with Gasteiger partial charge in [0.15, 0.2) is 0 Å². The van der Waals surface area contributed by atoms with Crippen molar-refractivity contribution >= 4 is 11.4 Å². The highest BCUT2D eigenvalue weighted by Crippen LogP contribution is 2.38. The molecule has 0 bridgehead atoms. The van der Waals surface area contributed by atoms with Crippen molar-refractivity contribution in [3.63, 3.8) is 0 Å². The molecule has 0 fully saturated rings. The smallest absolute Gasteiger partial charge is 0.0316 e. The van der Waals surface area contributed by atoms with Crippen LogP contribution in [-0.2, 0) is 0 Å². The third-order valence-corrected chi connectivity index (χ3v) is 14.4.